The number of aromatic amines is 1. The highest BCUT2D eigenvalue weighted by Gasteiger charge is 2.30. The van der Waals surface area contributed by atoms with Gasteiger partial charge in [-0.05, 0) is 37.0 Å². The maximum absolute atomic E-state index is 12.7. The van der Waals surface area contributed by atoms with Crippen molar-refractivity contribution in [1.29, 1.82) is 0 Å². The Morgan fingerprint density at radius 3 is 2.83 bits per heavy atom. The highest BCUT2D eigenvalue weighted by Crippen LogP contribution is 2.26. The third-order valence-electron chi connectivity index (χ3n) is 4.25. The maximum Gasteiger partial charge on any atom is 0.270 e. The quantitative estimate of drug-likeness (QED) is 0.903. The van der Waals surface area contributed by atoms with Gasteiger partial charge in [0.25, 0.3) is 5.91 Å². The lowest BCUT2D eigenvalue weighted by atomic mass is 10.0. The molecule has 120 valence electrons. The molecule has 0 unspecified atom stereocenters. The van der Waals surface area contributed by atoms with Crippen LogP contribution in [0.15, 0.2) is 36.5 Å². The molecule has 1 aromatic carbocycles. The maximum atomic E-state index is 12.7. The van der Waals surface area contributed by atoms with Gasteiger partial charge < -0.3 is 15.6 Å². The molecular weight excluding hydrogens is 314 g/mol. The van der Waals surface area contributed by atoms with E-state index in [2.05, 4.69) is 4.98 Å². The van der Waals surface area contributed by atoms with Crippen molar-refractivity contribution >= 4 is 23.4 Å². The zero-order chi connectivity index (χ0) is 16.4. The Morgan fingerprint density at radius 1 is 1.35 bits per heavy atom. The highest BCUT2D eigenvalue weighted by molar-refractivity contribution is 6.31. The van der Waals surface area contributed by atoms with Crippen molar-refractivity contribution < 1.29 is 9.59 Å². The molecule has 3 rings (SSSR count). The Bertz CT molecular complexity index is 741. The summed E-state index contributed by atoms with van der Waals surface area (Å²) in [5.74, 6) is -0.651. The Kier molecular flexibility index (Phi) is 4.39. The molecule has 1 aromatic heterocycles. The molecular formula is C17H18ClN3O2. The first-order chi connectivity index (χ1) is 11.1. The van der Waals surface area contributed by atoms with Crippen LogP contribution in [0.25, 0.3) is 0 Å². The molecule has 1 saturated heterocycles. The molecule has 0 bridgehead atoms. The lowest BCUT2D eigenvalue weighted by Crippen LogP contribution is -2.37. The molecule has 0 radical (unpaired) electrons. The number of amides is 2. The average molecular weight is 332 g/mol. The van der Waals surface area contributed by atoms with Crippen molar-refractivity contribution in [1.82, 2.24) is 9.88 Å². The zero-order valence-electron chi connectivity index (χ0n) is 12.6. The summed E-state index contributed by atoms with van der Waals surface area (Å²) >= 11 is 6.22. The van der Waals surface area contributed by atoms with E-state index in [1.54, 1.807) is 0 Å². The normalized spacial score (nSPS) is 17.4. The van der Waals surface area contributed by atoms with Crippen molar-refractivity contribution in [3.05, 3.63) is 58.4 Å². The van der Waals surface area contributed by atoms with Crippen LogP contribution in [0.2, 0.25) is 5.02 Å². The lowest BCUT2D eigenvalue weighted by molar-refractivity contribution is 0.0731. The topological polar surface area (TPSA) is 79.2 Å². The number of nitrogens with two attached hydrogens (primary N) is 1. The number of H-pyrrole nitrogens is 1. The number of rotatable bonds is 4. The number of halogens is 1. The lowest BCUT2D eigenvalue weighted by Gasteiger charge is -2.24. The van der Waals surface area contributed by atoms with Gasteiger partial charge in [-0.3, -0.25) is 9.59 Å². The summed E-state index contributed by atoms with van der Waals surface area (Å²) in [7, 11) is 0. The third-order valence-corrected chi connectivity index (χ3v) is 4.62. The standard InChI is InChI=1S/C17H18ClN3O2/c18-14-6-2-1-4-11(14)8-13-5-3-7-21(13)17(23)15-9-12(10-20-15)16(19)22/h1-2,4,6,9-10,13,20H,3,5,7-8H2,(H2,19,22)/t13-/m1/s1. The molecule has 2 heterocycles. The number of hydrogen-bond acceptors (Lipinski definition) is 2. The van der Waals surface area contributed by atoms with Crippen molar-refractivity contribution in [2.75, 3.05) is 6.54 Å². The molecule has 2 aromatic rings. The van der Waals surface area contributed by atoms with Crippen molar-refractivity contribution in [3.8, 4) is 0 Å². The van der Waals surface area contributed by atoms with Crippen molar-refractivity contribution in [3.63, 3.8) is 0 Å². The summed E-state index contributed by atoms with van der Waals surface area (Å²) in [6.45, 7) is 0.707. The van der Waals surface area contributed by atoms with Crippen molar-refractivity contribution in [2.45, 2.75) is 25.3 Å². The Balaban J connectivity index is 1.76. The number of likely N-dealkylation sites (tertiary alicyclic amines) is 1. The van der Waals surface area contributed by atoms with Gasteiger partial charge in [0.05, 0.1) is 5.56 Å². The number of nitrogens with one attached hydrogen (secondary N) is 1. The van der Waals surface area contributed by atoms with Crippen LogP contribution in [-0.2, 0) is 6.42 Å². The van der Waals surface area contributed by atoms with Crippen LogP contribution in [0.5, 0.6) is 0 Å². The first kappa shape index (κ1) is 15.6. The monoisotopic (exact) mass is 331 g/mol. The van der Waals surface area contributed by atoms with Crippen LogP contribution in [-0.4, -0.2) is 34.3 Å². The largest absolute Gasteiger partial charge is 0.366 e. The van der Waals surface area contributed by atoms with Crippen molar-refractivity contribution in [2.24, 2.45) is 5.73 Å². The number of benzene rings is 1. The second-order valence-corrected chi connectivity index (χ2v) is 6.16. The average Bonchev–Trinajstić information content (AvgIpc) is 3.18. The summed E-state index contributed by atoms with van der Waals surface area (Å²) < 4.78 is 0. The van der Waals surface area contributed by atoms with Crippen LogP contribution in [0.1, 0.15) is 39.3 Å². The molecule has 1 aliphatic heterocycles. The molecule has 1 atom stereocenters. The van der Waals surface area contributed by atoms with E-state index in [9.17, 15) is 9.59 Å². The van der Waals surface area contributed by atoms with E-state index < -0.39 is 5.91 Å². The van der Waals surface area contributed by atoms with Gasteiger partial charge in [0.1, 0.15) is 5.69 Å². The SMILES string of the molecule is NC(=O)c1c[nH]c(C(=O)N2CCC[C@@H]2Cc2ccccc2Cl)c1. The minimum atomic E-state index is -0.547. The van der Waals surface area contributed by atoms with Crippen LogP contribution in [0.4, 0.5) is 0 Å². The predicted molar refractivity (Wildman–Crippen MR) is 88.5 cm³/mol. The fourth-order valence-electron chi connectivity index (χ4n) is 3.05. The molecule has 23 heavy (non-hydrogen) atoms. The molecule has 1 fully saturated rings. The van der Waals surface area contributed by atoms with Gasteiger partial charge in [0.15, 0.2) is 0 Å². The summed E-state index contributed by atoms with van der Waals surface area (Å²) in [6, 6.07) is 9.32. The van der Waals surface area contributed by atoms with Gasteiger partial charge in [-0.2, -0.15) is 0 Å². The molecule has 3 N–H and O–H groups in total. The molecule has 0 spiro atoms. The van der Waals surface area contributed by atoms with E-state index in [-0.39, 0.29) is 11.9 Å². The smallest absolute Gasteiger partial charge is 0.270 e. The Labute approximate surface area is 139 Å². The van der Waals surface area contributed by atoms with E-state index in [1.165, 1.54) is 12.3 Å². The summed E-state index contributed by atoms with van der Waals surface area (Å²) in [4.78, 5) is 28.5. The van der Waals surface area contributed by atoms with Crippen LogP contribution >= 0.6 is 11.6 Å². The number of nitrogens with zero attached hydrogens (tertiary/aromatic N) is 1. The molecule has 1 aliphatic rings. The fourth-order valence-corrected chi connectivity index (χ4v) is 3.26. The van der Waals surface area contributed by atoms with Gasteiger partial charge in [-0.15, -0.1) is 0 Å². The second-order valence-electron chi connectivity index (χ2n) is 5.76. The number of carbonyl (C=O) groups excluding carboxylic acids is 2. The van der Waals surface area contributed by atoms with E-state index in [1.807, 2.05) is 29.2 Å². The second kappa shape index (κ2) is 6.46. The van der Waals surface area contributed by atoms with Gasteiger partial charge in [-0.25, -0.2) is 0 Å². The zero-order valence-corrected chi connectivity index (χ0v) is 13.3. The first-order valence-corrected chi connectivity index (χ1v) is 7.96. The predicted octanol–water partition coefficient (Wildman–Crippen LogP) is 2.61. The number of primary amides is 1. The minimum Gasteiger partial charge on any atom is -0.366 e. The van der Waals surface area contributed by atoms with Gasteiger partial charge in [0.2, 0.25) is 5.91 Å². The molecule has 0 aliphatic carbocycles. The van der Waals surface area contributed by atoms with Gasteiger partial charge in [-0.1, -0.05) is 29.8 Å². The van der Waals surface area contributed by atoms with E-state index >= 15 is 0 Å². The van der Waals surface area contributed by atoms with Crippen LogP contribution in [0, 0.1) is 0 Å². The van der Waals surface area contributed by atoms with Crippen LogP contribution < -0.4 is 5.73 Å². The first-order valence-electron chi connectivity index (χ1n) is 7.59. The summed E-state index contributed by atoms with van der Waals surface area (Å²) in [5.41, 5.74) is 6.98. The van der Waals surface area contributed by atoms with E-state index in [4.69, 9.17) is 17.3 Å². The molecule has 5 nitrogen and oxygen atoms in total. The molecule has 2 amide bonds. The van der Waals surface area contributed by atoms with Gasteiger partial charge >= 0.3 is 0 Å². The number of hydrogen-bond donors (Lipinski definition) is 2. The number of carbonyl (C=O) groups is 2. The molecule has 0 saturated carbocycles. The third kappa shape index (κ3) is 3.24. The Hall–Kier alpha value is -2.27. The van der Waals surface area contributed by atoms with E-state index in [0.717, 1.165) is 29.8 Å². The fraction of sp³-hybridized carbons (Fsp3) is 0.294. The summed E-state index contributed by atoms with van der Waals surface area (Å²) in [6.07, 6.45) is 4.11. The Morgan fingerprint density at radius 2 is 2.13 bits per heavy atom. The van der Waals surface area contributed by atoms with Crippen LogP contribution in [0.3, 0.4) is 0 Å². The minimum absolute atomic E-state index is 0.105. The molecule has 6 heteroatoms. The number of aromatic nitrogens is 1. The van der Waals surface area contributed by atoms with E-state index in [0.29, 0.717) is 17.8 Å². The van der Waals surface area contributed by atoms with Gasteiger partial charge in [0, 0.05) is 23.8 Å². The summed E-state index contributed by atoms with van der Waals surface area (Å²) in [5, 5.41) is 0.725. The highest BCUT2D eigenvalue weighted by atomic mass is 35.5.